The van der Waals surface area contributed by atoms with Gasteiger partial charge in [-0.05, 0) is 36.1 Å². The Morgan fingerprint density at radius 3 is 2.75 bits per heavy atom. The number of methoxy groups -OCH3 is 1. The summed E-state index contributed by atoms with van der Waals surface area (Å²) in [5.74, 6) is 0.757. The maximum absolute atomic E-state index is 12.1. The van der Waals surface area contributed by atoms with Gasteiger partial charge < -0.3 is 15.2 Å². The number of ether oxygens (including phenoxy) is 2. The highest BCUT2D eigenvalue weighted by molar-refractivity contribution is 5.39. The van der Waals surface area contributed by atoms with E-state index in [9.17, 15) is 13.2 Å². The van der Waals surface area contributed by atoms with Gasteiger partial charge in [0.25, 0.3) is 0 Å². The van der Waals surface area contributed by atoms with Crippen molar-refractivity contribution in [3.05, 3.63) is 29.3 Å². The first-order valence-corrected chi connectivity index (χ1v) is 6.51. The molecule has 1 aromatic carbocycles. The van der Waals surface area contributed by atoms with Gasteiger partial charge in [0.15, 0.2) is 0 Å². The van der Waals surface area contributed by atoms with E-state index in [-0.39, 0.29) is 12.7 Å². The topological polar surface area (TPSA) is 44.5 Å². The highest BCUT2D eigenvalue weighted by atomic mass is 19.4. The van der Waals surface area contributed by atoms with Gasteiger partial charge in [0.2, 0.25) is 0 Å². The van der Waals surface area contributed by atoms with Gasteiger partial charge in [-0.1, -0.05) is 6.07 Å². The zero-order valence-electron chi connectivity index (χ0n) is 11.2. The molecule has 0 aromatic heterocycles. The first-order valence-electron chi connectivity index (χ1n) is 6.51. The highest BCUT2D eigenvalue weighted by Gasteiger charge is 2.30. The number of nitrogens with two attached hydrogens (primary N) is 1. The van der Waals surface area contributed by atoms with Crippen molar-refractivity contribution in [2.45, 2.75) is 37.6 Å². The van der Waals surface area contributed by atoms with Crippen LogP contribution in [0.1, 0.15) is 30.0 Å². The summed E-state index contributed by atoms with van der Waals surface area (Å²) in [6.45, 7) is -0.340. The Bertz CT molecular complexity index is 462. The van der Waals surface area contributed by atoms with Gasteiger partial charge in [-0.2, -0.15) is 13.2 Å². The zero-order chi connectivity index (χ0) is 14.8. The molecule has 0 spiro atoms. The van der Waals surface area contributed by atoms with Crippen molar-refractivity contribution in [1.29, 1.82) is 0 Å². The van der Waals surface area contributed by atoms with E-state index in [2.05, 4.69) is 0 Å². The highest BCUT2D eigenvalue weighted by Crippen LogP contribution is 2.33. The molecule has 2 rings (SSSR count). The van der Waals surface area contributed by atoms with E-state index in [1.54, 1.807) is 13.2 Å². The largest absolute Gasteiger partial charge is 0.497 e. The Kier molecular flexibility index (Phi) is 4.55. The molecule has 2 unspecified atom stereocenters. The van der Waals surface area contributed by atoms with Crippen LogP contribution in [0.5, 0.6) is 5.75 Å². The third-order valence-electron chi connectivity index (χ3n) is 3.53. The zero-order valence-corrected chi connectivity index (χ0v) is 11.2. The molecule has 3 nitrogen and oxygen atoms in total. The molecule has 2 N–H and O–H groups in total. The maximum atomic E-state index is 12.1. The van der Waals surface area contributed by atoms with E-state index in [1.165, 1.54) is 0 Å². The molecule has 0 bridgehead atoms. The van der Waals surface area contributed by atoms with Crippen LogP contribution < -0.4 is 10.5 Å². The molecule has 0 aliphatic heterocycles. The van der Waals surface area contributed by atoms with Gasteiger partial charge in [-0.15, -0.1) is 0 Å². The minimum absolute atomic E-state index is 0.340. The number of fused-ring (bicyclic) bond motifs is 1. The molecular weight excluding hydrogens is 271 g/mol. The van der Waals surface area contributed by atoms with Gasteiger partial charge in [0, 0.05) is 0 Å². The molecule has 1 aliphatic rings. The van der Waals surface area contributed by atoms with Gasteiger partial charge in [-0.3, -0.25) is 0 Å². The smallest absolute Gasteiger partial charge is 0.391 e. The van der Waals surface area contributed by atoms with E-state index in [4.69, 9.17) is 15.2 Å². The van der Waals surface area contributed by atoms with Crippen LogP contribution in [0.3, 0.4) is 0 Å². The van der Waals surface area contributed by atoms with E-state index in [1.807, 2.05) is 12.1 Å². The van der Waals surface area contributed by atoms with Crippen molar-refractivity contribution in [1.82, 2.24) is 0 Å². The summed E-state index contributed by atoms with van der Waals surface area (Å²) in [4.78, 5) is 0. The van der Waals surface area contributed by atoms with Crippen LogP contribution >= 0.6 is 0 Å². The lowest BCUT2D eigenvalue weighted by atomic mass is 9.86. The van der Waals surface area contributed by atoms with Crippen LogP contribution in [0.4, 0.5) is 13.2 Å². The SMILES string of the molecule is COc1ccc2c(c1)CCC(OCCC(F)(F)F)C2N. The molecular formula is C14H18F3NO2. The molecule has 0 amide bonds. The van der Waals surface area contributed by atoms with Crippen molar-refractivity contribution in [3.8, 4) is 5.75 Å². The molecule has 0 heterocycles. The van der Waals surface area contributed by atoms with Gasteiger partial charge in [-0.25, -0.2) is 0 Å². The predicted octanol–water partition coefficient (Wildman–Crippen LogP) is 2.98. The van der Waals surface area contributed by atoms with E-state index >= 15 is 0 Å². The average Bonchev–Trinajstić information content (AvgIpc) is 2.39. The molecule has 0 saturated heterocycles. The molecule has 1 aromatic rings. The first-order chi connectivity index (χ1) is 9.40. The Morgan fingerprint density at radius 1 is 1.35 bits per heavy atom. The minimum Gasteiger partial charge on any atom is -0.497 e. The minimum atomic E-state index is -4.19. The monoisotopic (exact) mass is 289 g/mol. The fourth-order valence-corrected chi connectivity index (χ4v) is 2.44. The predicted molar refractivity (Wildman–Crippen MR) is 68.7 cm³/mol. The molecule has 1 aliphatic carbocycles. The van der Waals surface area contributed by atoms with Crippen LogP contribution in [0.25, 0.3) is 0 Å². The normalized spacial score (nSPS) is 22.4. The number of alkyl halides is 3. The standard InChI is InChI=1S/C14H18F3NO2/c1-19-10-3-4-11-9(8-10)2-5-12(13(11)18)20-7-6-14(15,16)17/h3-4,8,12-13H,2,5-7,18H2,1H3. The number of hydrogen-bond donors (Lipinski definition) is 1. The molecule has 0 fully saturated rings. The molecule has 0 radical (unpaired) electrons. The van der Waals surface area contributed by atoms with Gasteiger partial charge in [0.05, 0.1) is 32.3 Å². The average molecular weight is 289 g/mol. The Balaban J connectivity index is 1.99. The Morgan fingerprint density at radius 2 is 2.10 bits per heavy atom. The van der Waals surface area contributed by atoms with Crippen LogP contribution in [0, 0.1) is 0 Å². The number of aryl methyl sites for hydroxylation is 1. The quantitative estimate of drug-likeness (QED) is 0.926. The van der Waals surface area contributed by atoms with Crippen LogP contribution in [0.2, 0.25) is 0 Å². The summed E-state index contributed by atoms with van der Waals surface area (Å²) in [6.07, 6.45) is -4.13. The summed E-state index contributed by atoms with van der Waals surface area (Å²) in [7, 11) is 1.59. The van der Waals surface area contributed by atoms with Crippen molar-refractivity contribution in [3.63, 3.8) is 0 Å². The van der Waals surface area contributed by atoms with Gasteiger partial charge in [0.1, 0.15) is 5.75 Å². The Hall–Kier alpha value is -1.27. The third kappa shape index (κ3) is 3.64. The number of benzene rings is 1. The molecule has 2 atom stereocenters. The van der Waals surface area contributed by atoms with E-state index in [0.29, 0.717) is 6.42 Å². The van der Waals surface area contributed by atoms with Gasteiger partial charge >= 0.3 is 6.18 Å². The summed E-state index contributed by atoms with van der Waals surface area (Å²) < 4.78 is 46.8. The molecule has 0 saturated carbocycles. The lowest BCUT2D eigenvalue weighted by Gasteiger charge is -2.31. The van der Waals surface area contributed by atoms with E-state index in [0.717, 1.165) is 23.3 Å². The third-order valence-corrected chi connectivity index (χ3v) is 3.53. The lowest BCUT2D eigenvalue weighted by molar-refractivity contribution is -0.150. The van der Waals surface area contributed by atoms with Crippen LogP contribution in [-0.2, 0) is 11.2 Å². The number of rotatable bonds is 4. The van der Waals surface area contributed by atoms with Crippen LogP contribution in [0.15, 0.2) is 18.2 Å². The second-order valence-corrected chi connectivity index (χ2v) is 4.90. The fraction of sp³-hybridized carbons (Fsp3) is 0.571. The summed E-state index contributed by atoms with van der Waals surface area (Å²) in [6, 6.07) is 5.19. The summed E-state index contributed by atoms with van der Waals surface area (Å²) >= 11 is 0. The second kappa shape index (κ2) is 6.01. The van der Waals surface area contributed by atoms with Crippen molar-refractivity contribution < 1.29 is 22.6 Å². The fourth-order valence-electron chi connectivity index (χ4n) is 2.44. The molecule has 6 heteroatoms. The number of halogens is 3. The van der Waals surface area contributed by atoms with Crippen molar-refractivity contribution >= 4 is 0 Å². The first kappa shape index (κ1) is 15.1. The van der Waals surface area contributed by atoms with Crippen LogP contribution in [-0.4, -0.2) is 26.0 Å². The molecule has 112 valence electrons. The molecule has 20 heavy (non-hydrogen) atoms. The maximum Gasteiger partial charge on any atom is 0.391 e. The second-order valence-electron chi connectivity index (χ2n) is 4.90. The summed E-state index contributed by atoms with van der Waals surface area (Å²) in [5, 5.41) is 0. The number of hydrogen-bond acceptors (Lipinski definition) is 3. The lowest BCUT2D eigenvalue weighted by Crippen LogP contribution is -2.34. The van der Waals surface area contributed by atoms with Crippen molar-refractivity contribution in [2.24, 2.45) is 5.73 Å². The van der Waals surface area contributed by atoms with E-state index < -0.39 is 18.6 Å². The van der Waals surface area contributed by atoms with Crippen molar-refractivity contribution in [2.75, 3.05) is 13.7 Å². The Labute approximate surface area is 115 Å². The summed E-state index contributed by atoms with van der Waals surface area (Å²) in [5.41, 5.74) is 8.09.